The smallest absolute Gasteiger partial charge is 0.330 e. The van der Waals surface area contributed by atoms with E-state index < -0.39 is 10.9 Å². The maximum absolute atomic E-state index is 11.0. The number of benzene rings is 1. The summed E-state index contributed by atoms with van der Waals surface area (Å²) in [7, 11) is 1.28. The Hall–Kier alpha value is -2.89. The maximum Gasteiger partial charge on any atom is 0.330 e. The van der Waals surface area contributed by atoms with E-state index >= 15 is 0 Å². The predicted octanol–water partition coefficient (Wildman–Crippen LogP) is 3.35. The average molecular weight is 287 g/mol. The lowest BCUT2D eigenvalue weighted by atomic mass is 10.1. The van der Waals surface area contributed by atoms with Crippen molar-refractivity contribution in [2.24, 2.45) is 0 Å². The number of furan rings is 1. The second kappa shape index (κ2) is 6.04. The van der Waals surface area contributed by atoms with Crippen molar-refractivity contribution in [1.82, 2.24) is 0 Å². The van der Waals surface area contributed by atoms with Crippen LogP contribution in [0.5, 0.6) is 0 Å². The molecule has 0 radical (unpaired) electrons. The molecule has 0 N–H and O–H groups in total. The van der Waals surface area contributed by atoms with Crippen LogP contribution in [0.3, 0.4) is 0 Å². The van der Waals surface area contributed by atoms with Gasteiger partial charge in [0.05, 0.1) is 12.0 Å². The van der Waals surface area contributed by atoms with Crippen molar-refractivity contribution in [3.63, 3.8) is 0 Å². The summed E-state index contributed by atoms with van der Waals surface area (Å²) in [6.07, 6.45) is 2.71. The van der Waals surface area contributed by atoms with E-state index in [1.54, 1.807) is 31.2 Å². The third-order valence-corrected chi connectivity index (χ3v) is 2.90. The third-order valence-electron chi connectivity index (χ3n) is 2.90. The third kappa shape index (κ3) is 3.36. The molecule has 0 aliphatic carbocycles. The van der Waals surface area contributed by atoms with Crippen LogP contribution in [0.1, 0.15) is 11.3 Å². The first kappa shape index (κ1) is 14.5. The highest BCUT2D eigenvalue weighted by atomic mass is 16.6. The van der Waals surface area contributed by atoms with Gasteiger partial charge in [0.1, 0.15) is 11.5 Å². The summed E-state index contributed by atoms with van der Waals surface area (Å²) in [5, 5.41) is 10.9. The normalized spacial score (nSPS) is 10.8. The second-order valence-corrected chi connectivity index (χ2v) is 4.32. The number of nitrogens with zero attached hydrogens (tertiary/aromatic N) is 1. The summed E-state index contributed by atoms with van der Waals surface area (Å²) in [4.78, 5) is 21.5. The van der Waals surface area contributed by atoms with Gasteiger partial charge in [-0.15, -0.1) is 0 Å². The zero-order chi connectivity index (χ0) is 15.4. The Bertz CT molecular complexity index is 715. The van der Waals surface area contributed by atoms with Crippen molar-refractivity contribution >= 4 is 17.7 Å². The molecule has 0 saturated heterocycles. The molecule has 1 aromatic heterocycles. The van der Waals surface area contributed by atoms with E-state index in [2.05, 4.69) is 4.74 Å². The lowest BCUT2D eigenvalue weighted by Crippen LogP contribution is -1.92. The van der Waals surface area contributed by atoms with Crippen molar-refractivity contribution in [3.8, 4) is 11.3 Å². The predicted molar refractivity (Wildman–Crippen MR) is 76.6 cm³/mol. The van der Waals surface area contributed by atoms with Crippen molar-refractivity contribution in [3.05, 3.63) is 57.8 Å². The van der Waals surface area contributed by atoms with Gasteiger partial charge in [-0.3, -0.25) is 10.1 Å². The van der Waals surface area contributed by atoms with Gasteiger partial charge in [-0.05, 0) is 25.1 Å². The average Bonchev–Trinajstić information content (AvgIpc) is 2.93. The molecule has 0 fully saturated rings. The molecule has 0 bridgehead atoms. The number of rotatable bonds is 4. The van der Waals surface area contributed by atoms with E-state index in [4.69, 9.17) is 4.42 Å². The maximum atomic E-state index is 11.0. The molecule has 0 unspecified atom stereocenters. The molecule has 0 aliphatic rings. The molecular weight excluding hydrogens is 274 g/mol. The van der Waals surface area contributed by atoms with E-state index in [0.29, 0.717) is 22.6 Å². The Labute approximate surface area is 120 Å². The zero-order valence-corrected chi connectivity index (χ0v) is 11.5. The molecule has 6 nitrogen and oxygen atoms in total. The van der Waals surface area contributed by atoms with Crippen LogP contribution in [0, 0.1) is 17.0 Å². The lowest BCUT2D eigenvalue weighted by molar-refractivity contribution is -0.385. The quantitative estimate of drug-likeness (QED) is 0.372. The van der Waals surface area contributed by atoms with Gasteiger partial charge in [-0.25, -0.2) is 4.79 Å². The fraction of sp³-hybridized carbons (Fsp3) is 0.133. The Balaban J connectivity index is 2.30. The molecule has 6 heteroatoms. The van der Waals surface area contributed by atoms with Crippen molar-refractivity contribution in [2.45, 2.75) is 6.92 Å². The van der Waals surface area contributed by atoms with Crippen LogP contribution in [0.2, 0.25) is 0 Å². The van der Waals surface area contributed by atoms with E-state index in [9.17, 15) is 14.9 Å². The fourth-order valence-electron chi connectivity index (χ4n) is 1.78. The number of hydrogen-bond acceptors (Lipinski definition) is 5. The topological polar surface area (TPSA) is 82.6 Å². The molecule has 0 saturated carbocycles. The molecule has 0 amide bonds. The van der Waals surface area contributed by atoms with Gasteiger partial charge in [0.2, 0.25) is 0 Å². The number of esters is 1. The highest BCUT2D eigenvalue weighted by Gasteiger charge is 2.13. The first-order chi connectivity index (χ1) is 10.0. The van der Waals surface area contributed by atoms with E-state index in [1.807, 2.05) is 0 Å². The molecule has 0 aliphatic heterocycles. The first-order valence-corrected chi connectivity index (χ1v) is 6.12. The monoisotopic (exact) mass is 287 g/mol. The minimum atomic E-state index is -0.487. The van der Waals surface area contributed by atoms with Crippen LogP contribution in [-0.4, -0.2) is 18.0 Å². The Morgan fingerprint density at radius 3 is 2.76 bits per heavy atom. The number of hydrogen-bond donors (Lipinski definition) is 0. The second-order valence-electron chi connectivity index (χ2n) is 4.32. The van der Waals surface area contributed by atoms with E-state index in [-0.39, 0.29) is 5.69 Å². The number of carbonyl (C=O) groups excluding carboxylic acids is 1. The summed E-state index contributed by atoms with van der Waals surface area (Å²) in [5.74, 6) is 0.458. The van der Waals surface area contributed by atoms with Gasteiger partial charge in [0.25, 0.3) is 5.69 Å². The van der Waals surface area contributed by atoms with Gasteiger partial charge in [0, 0.05) is 23.3 Å². The Kier molecular flexibility index (Phi) is 4.18. The molecule has 0 atom stereocenters. The molecule has 108 valence electrons. The molecule has 0 spiro atoms. The van der Waals surface area contributed by atoms with Crippen LogP contribution in [0.15, 0.2) is 40.8 Å². The van der Waals surface area contributed by atoms with Crippen molar-refractivity contribution < 1.29 is 18.9 Å². The first-order valence-electron chi connectivity index (χ1n) is 6.12. The largest absolute Gasteiger partial charge is 0.466 e. The summed E-state index contributed by atoms with van der Waals surface area (Å²) >= 11 is 0. The number of nitro benzene ring substituents is 1. The number of ether oxygens (including phenoxy) is 1. The van der Waals surface area contributed by atoms with Crippen LogP contribution in [0.4, 0.5) is 5.69 Å². The van der Waals surface area contributed by atoms with Crippen LogP contribution < -0.4 is 0 Å². The molecular formula is C15H13NO5. The highest BCUT2D eigenvalue weighted by Crippen LogP contribution is 2.28. The van der Waals surface area contributed by atoms with Gasteiger partial charge in [0.15, 0.2) is 0 Å². The Morgan fingerprint density at radius 1 is 1.33 bits per heavy atom. The summed E-state index contributed by atoms with van der Waals surface area (Å²) < 4.78 is 10.00. The molecule has 2 rings (SSSR count). The molecule has 1 aromatic carbocycles. The Morgan fingerprint density at radius 2 is 2.10 bits per heavy atom. The lowest BCUT2D eigenvalue weighted by Gasteiger charge is -2.00. The molecule has 2 aromatic rings. The molecule has 1 heterocycles. The van der Waals surface area contributed by atoms with E-state index in [0.717, 1.165) is 0 Å². The number of methoxy groups -OCH3 is 1. The fourth-order valence-corrected chi connectivity index (χ4v) is 1.78. The summed E-state index contributed by atoms with van der Waals surface area (Å²) in [6, 6.07) is 8.22. The van der Waals surface area contributed by atoms with Crippen LogP contribution in [-0.2, 0) is 9.53 Å². The zero-order valence-electron chi connectivity index (χ0n) is 11.5. The van der Waals surface area contributed by atoms with Crippen LogP contribution in [0.25, 0.3) is 17.4 Å². The van der Waals surface area contributed by atoms with Gasteiger partial charge in [-0.1, -0.05) is 12.1 Å². The number of aryl methyl sites for hydroxylation is 1. The number of carbonyl (C=O) groups is 1. The number of nitro groups is 1. The van der Waals surface area contributed by atoms with Gasteiger partial charge < -0.3 is 9.15 Å². The minimum absolute atomic E-state index is 0.0375. The SMILES string of the molecule is COC(=O)/C=C/c1ccc(-c2ccc(C)c([N+](=O)[O-])c2)o1. The van der Waals surface area contributed by atoms with E-state index in [1.165, 1.54) is 25.3 Å². The highest BCUT2D eigenvalue weighted by molar-refractivity contribution is 5.86. The van der Waals surface area contributed by atoms with Crippen molar-refractivity contribution in [1.29, 1.82) is 0 Å². The van der Waals surface area contributed by atoms with Gasteiger partial charge in [-0.2, -0.15) is 0 Å². The van der Waals surface area contributed by atoms with Crippen molar-refractivity contribution in [2.75, 3.05) is 7.11 Å². The summed E-state index contributed by atoms with van der Waals surface area (Å²) in [6.45, 7) is 1.68. The van der Waals surface area contributed by atoms with Gasteiger partial charge >= 0.3 is 5.97 Å². The summed E-state index contributed by atoms with van der Waals surface area (Å²) in [5.41, 5.74) is 1.22. The molecule has 21 heavy (non-hydrogen) atoms. The van der Waals surface area contributed by atoms with Crippen LogP contribution >= 0.6 is 0 Å². The standard InChI is InChI=1S/C15H13NO5/c1-10-3-4-11(9-13(10)16(18)19)14-7-5-12(21-14)6-8-15(17)20-2/h3-9H,1-2H3/b8-6+. The minimum Gasteiger partial charge on any atom is -0.466 e.